The number of benzene rings is 2. The number of nitrogens with one attached hydrogen (secondary N) is 2. The van der Waals surface area contributed by atoms with E-state index in [-0.39, 0.29) is 17.6 Å². The largest absolute Gasteiger partial charge is 0.459 e. The van der Waals surface area contributed by atoms with Gasteiger partial charge < -0.3 is 15.1 Å². The van der Waals surface area contributed by atoms with Gasteiger partial charge >= 0.3 is 0 Å². The van der Waals surface area contributed by atoms with E-state index in [0.29, 0.717) is 11.3 Å². The number of furan rings is 1. The van der Waals surface area contributed by atoms with Crippen molar-refractivity contribution in [3.63, 3.8) is 0 Å². The van der Waals surface area contributed by atoms with Crippen molar-refractivity contribution in [1.82, 2.24) is 0 Å². The van der Waals surface area contributed by atoms with E-state index in [9.17, 15) is 9.59 Å². The molecular weight excluding hydrogens is 340 g/mol. The van der Waals surface area contributed by atoms with Gasteiger partial charge in [-0.3, -0.25) is 9.59 Å². The van der Waals surface area contributed by atoms with Crippen LogP contribution in [0, 0.1) is 6.92 Å². The minimum atomic E-state index is -0.354. The first-order valence-electron chi connectivity index (χ1n) is 8.92. The fraction of sp³-hybridized carbons (Fsp3) is 0.182. The zero-order valence-corrected chi connectivity index (χ0v) is 15.4. The summed E-state index contributed by atoms with van der Waals surface area (Å²) in [6.07, 6.45) is 3.55. The smallest absolute Gasteiger partial charge is 0.291 e. The van der Waals surface area contributed by atoms with Gasteiger partial charge in [0.2, 0.25) is 0 Å². The monoisotopic (exact) mass is 362 g/mol. The molecule has 138 valence electrons. The predicted molar refractivity (Wildman–Crippen MR) is 106 cm³/mol. The summed E-state index contributed by atoms with van der Waals surface area (Å²) < 4.78 is 5.10. The van der Waals surface area contributed by atoms with Crippen molar-refractivity contribution in [3.05, 3.63) is 83.3 Å². The Morgan fingerprint density at radius 1 is 0.963 bits per heavy atom. The van der Waals surface area contributed by atoms with Gasteiger partial charge in [-0.1, -0.05) is 31.5 Å². The average Bonchev–Trinajstić information content (AvgIpc) is 3.20. The van der Waals surface area contributed by atoms with Crippen molar-refractivity contribution in [3.8, 4) is 0 Å². The highest BCUT2D eigenvalue weighted by atomic mass is 16.3. The van der Waals surface area contributed by atoms with Crippen LogP contribution >= 0.6 is 0 Å². The molecule has 3 aromatic rings. The van der Waals surface area contributed by atoms with Gasteiger partial charge in [-0.05, 0) is 60.9 Å². The number of rotatable bonds is 6. The second-order valence-corrected chi connectivity index (χ2v) is 6.36. The lowest BCUT2D eigenvalue weighted by Gasteiger charge is -2.11. The Morgan fingerprint density at radius 2 is 1.74 bits per heavy atom. The number of carbonyl (C=O) groups is 2. The summed E-state index contributed by atoms with van der Waals surface area (Å²) in [5.74, 6) is -0.365. The van der Waals surface area contributed by atoms with Gasteiger partial charge in [0, 0.05) is 16.9 Å². The molecule has 0 atom stereocenters. The third-order valence-electron chi connectivity index (χ3n) is 4.24. The number of hydrogen-bond donors (Lipinski definition) is 2. The Hall–Kier alpha value is -3.34. The Kier molecular flexibility index (Phi) is 5.71. The fourth-order valence-corrected chi connectivity index (χ4v) is 2.74. The first-order valence-corrected chi connectivity index (χ1v) is 8.92. The second-order valence-electron chi connectivity index (χ2n) is 6.36. The molecule has 0 fully saturated rings. The molecule has 27 heavy (non-hydrogen) atoms. The van der Waals surface area contributed by atoms with Crippen LogP contribution < -0.4 is 10.6 Å². The molecule has 0 unspecified atom stereocenters. The van der Waals surface area contributed by atoms with Crippen molar-refractivity contribution in [1.29, 1.82) is 0 Å². The molecule has 0 aliphatic rings. The molecule has 3 rings (SSSR count). The highest BCUT2D eigenvalue weighted by Gasteiger charge is 2.13. The molecule has 5 nitrogen and oxygen atoms in total. The van der Waals surface area contributed by atoms with Crippen molar-refractivity contribution in [2.45, 2.75) is 26.7 Å². The topological polar surface area (TPSA) is 71.3 Å². The maximum atomic E-state index is 12.6. The maximum Gasteiger partial charge on any atom is 0.291 e. The summed E-state index contributed by atoms with van der Waals surface area (Å²) in [5, 5.41) is 5.67. The Balaban J connectivity index is 1.72. The van der Waals surface area contributed by atoms with E-state index in [1.807, 2.05) is 31.2 Å². The molecule has 0 spiro atoms. The standard InChI is InChI=1S/C22H22N2O3/c1-3-5-16-8-11-18(12-9-16)23-21(25)17-10-7-15(2)19(14-17)24-22(26)20-6-4-13-27-20/h4,6-14H,3,5H2,1-2H3,(H,23,25)(H,24,26). The van der Waals surface area contributed by atoms with Crippen LogP contribution in [0.2, 0.25) is 0 Å². The summed E-state index contributed by atoms with van der Waals surface area (Å²) >= 11 is 0. The highest BCUT2D eigenvalue weighted by Crippen LogP contribution is 2.20. The van der Waals surface area contributed by atoms with Crippen molar-refractivity contribution in [2.24, 2.45) is 0 Å². The molecule has 0 bridgehead atoms. The van der Waals surface area contributed by atoms with Crippen molar-refractivity contribution in [2.75, 3.05) is 10.6 Å². The lowest BCUT2D eigenvalue weighted by Crippen LogP contribution is -2.15. The van der Waals surface area contributed by atoms with Gasteiger partial charge in [0.05, 0.1) is 6.26 Å². The Morgan fingerprint density at radius 3 is 2.41 bits per heavy atom. The van der Waals surface area contributed by atoms with Gasteiger partial charge in [-0.2, -0.15) is 0 Å². The molecule has 5 heteroatoms. The first kappa shape index (κ1) is 18.5. The summed E-state index contributed by atoms with van der Waals surface area (Å²) in [4.78, 5) is 24.7. The van der Waals surface area contributed by atoms with Crippen molar-refractivity contribution >= 4 is 23.2 Å². The van der Waals surface area contributed by atoms with Crippen LogP contribution in [0.4, 0.5) is 11.4 Å². The number of hydrogen-bond acceptors (Lipinski definition) is 3. The lowest BCUT2D eigenvalue weighted by atomic mass is 10.1. The predicted octanol–water partition coefficient (Wildman–Crippen LogP) is 5.05. The maximum absolute atomic E-state index is 12.6. The van der Waals surface area contributed by atoms with Crippen LogP contribution in [-0.2, 0) is 6.42 Å². The van der Waals surface area contributed by atoms with Crippen molar-refractivity contribution < 1.29 is 14.0 Å². The molecule has 0 saturated heterocycles. The van der Waals surface area contributed by atoms with E-state index in [1.165, 1.54) is 11.8 Å². The summed E-state index contributed by atoms with van der Waals surface area (Å²) in [7, 11) is 0. The summed E-state index contributed by atoms with van der Waals surface area (Å²) in [6, 6.07) is 16.3. The lowest BCUT2D eigenvalue weighted by molar-refractivity contribution is 0.0993. The third kappa shape index (κ3) is 4.64. The zero-order valence-electron chi connectivity index (χ0n) is 15.4. The molecule has 1 aromatic heterocycles. The molecule has 0 aliphatic carbocycles. The second kappa shape index (κ2) is 8.36. The van der Waals surface area contributed by atoms with Crippen LogP contribution in [0.15, 0.2) is 65.3 Å². The van der Waals surface area contributed by atoms with E-state index >= 15 is 0 Å². The third-order valence-corrected chi connectivity index (χ3v) is 4.24. The van der Waals surface area contributed by atoms with Crippen LogP contribution in [0.3, 0.4) is 0 Å². The molecule has 0 saturated carbocycles. The zero-order chi connectivity index (χ0) is 19.2. The number of anilines is 2. The summed E-state index contributed by atoms with van der Waals surface area (Å²) in [5.41, 5.74) is 3.88. The van der Waals surface area contributed by atoms with E-state index in [2.05, 4.69) is 17.6 Å². The quantitative estimate of drug-likeness (QED) is 0.645. The van der Waals surface area contributed by atoms with E-state index < -0.39 is 0 Å². The minimum absolute atomic E-state index is 0.219. The first-order chi connectivity index (χ1) is 13.1. The van der Waals surface area contributed by atoms with Gasteiger partial charge in [0.25, 0.3) is 11.8 Å². The number of amides is 2. The average molecular weight is 362 g/mol. The molecular formula is C22H22N2O3. The van der Waals surface area contributed by atoms with Crippen LogP contribution in [0.25, 0.3) is 0 Å². The van der Waals surface area contributed by atoms with Crippen LogP contribution in [-0.4, -0.2) is 11.8 Å². The molecule has 2 aromatic carbocycles. The molecule has 0 radical (unpaired) electrons. The van der Waals surface area contributed by atoms with Gasteiger partial charge in [0.1, 0.15) is 0 Å². The van der Waals surface area contributed by atoms with Crippen LogP contribution in [0.1, 0.15) is 45.4 Å². The SMILES string of the molecule is CCCc1ccc(NC(=O)c2ccc(C)c(NC(=O)c3ccco3)c2)cc1. The van der Waals surface area contributed by atoms with Crippen LogP contribution in [0.5, 0.6) is 0 Å². The number of aryl methyl sites for hydroxylation is 2. The molecule has 2 N–H and O–H groups in total. The van der Waals surface area contributed by atoms with Gasteiger partial charge in [0.15, 0.2) is 5.76 Å². The summed E-state index contributed by atoms with van der Waals surface area (Å²) in [6.45, 7) is 4.00. The fourth-order valence-electron chi connectivity index (χ4n) is 2.74. The Labute approximate surface area is 158 Å². The minimum Gasteiger partial charge on any atom is -0.459 e. The van der Waals surface area contributed by atoms with E-state index in [0.717, 1.165) is 24.1 Å². The molecule has 0 aliphatic heterocycles. The van der Waals surface area contributed by atoms with E-state index in [4.69, 9.17) is 4.42 Å². The highest BCUT2D eigenvalue weighted by molar-refractivity contribution is 6.07. The van der Waals surface area contributed by atoms with Gasteiger partial charge in [-0.15, -0.1) is 0 Å². The number of carbonyl (C=O) groups excluding carboxylic acids is 2. The molecule has 1 heterocycles. The Bertz CT molecular complexity index is 929. The molecule has 2 amide bonds. The van der Waals surface area contributed by atoms with E-state index in [1.54, 1.807) is 30.3 Å². The normalized spacial score (nSPS) is 10.4. The van der Waals surface area contributed by atoms with Gasteiger partial charge in [-0.25, -0.2) is 0 Å².